The Morgan fingerprint density at radius 1 is 1.44 bits per heavy atom. The fraction of sp³-hybridized carbons (Fsp3) is 0.900. The molecule has 0 heterocycles. The third kappa shape index (κ3) is 5.33. The summed E-state index contributed by atoms with van der Waals surface area (Å²) in [4.78, 5) is 0. The Morgan fingerprint density at radius 3 is 2.38 bits per heavy atom. The zero-order valence-corrected chi connectivity index (χ0v) is 9.69. The number of nitrogens with zero attached hydrogens (tertiary/aromatic N) is 1. The van der Waals surface area contributed by atoms with Crippen LogP contribution in [0.4, 0.5) is 13.2 Å². The lowest BCUT2D eigenvalue weighted by molar-refractivity contribution is -0.214. The topological polar surface area (TPSA) is 45.0 Å². The molecular weight excluding hydrogens is 221 g/mol. The molecule has 0 aliphatic carbocycles. The van der Waals surface area contributed by atoms with Crippen molar-refractivity contribution in [3.8, 4) is 6.07 Å². The second-order valence-electron chi connectivity index (χ2n) is 3.78. The van der Waals surface area contributed by atoms with Gasteiger partial charge in [-0.15, -0.1) is 0 Å². The van der Waals surface area contributed by atoms with Crippen molar-refractivity contribution >= 4 is 0 Å². The number of nitrogens with one attached hydrogen (secondary N) is 1. The number of hydrogen-bond donors (Lipinski definition) is 1. The molecule has 0 aromatic heterocycles. The van der Waals surface area contributed by atoms with E-state index in [9.17, 15) is 13.2 Å². The predicted molar refractivity (Wildman–Crippen MR) is 53.8 cm³/mol. The highest BCUT2D eigenvalue weighted by molar-refractivity contribution is 5.03. The molecule has 0 bridgehead atoms. The summed E-state index contributed by atoms with van der Waals surface area (Å²) < 4.78 is 40.9. The molecule has 16 heavy (non-hydrogen) atoms. The summed E-state index contributed by atoms with van der Waals surface area (Å²) >= 11 is 0. The monoisotopic (exact) mass is 238 g/mol. The fourth-order valence-corrected chi connectivity index (χ4v) is 1.11. The molecule has 0 rings (SSSR count). The molecule has 2 atom stereocenters. The number of hydrogen-bond acceptors (Lipinski definition) is 3. The van der Waals surface area contributed by atoms with E-state index in [0.717, 1.165) is 6.92 Å². The summed E-state index contributed by atoms with van der Waals surface area (Å²) in [5.74, 6) is 0. The molecule has 0 saturated heterocycles. The predicted octanol–water partition coefficient (Wildman–Crippen LogP) is 2.24. The van der Waals surface area contributed by atoms with Crippen molar-refractivity contribution in [2.45, 2.75) is 45.0 Å². The van der Waals surface area contributed by atoms with Crippen molar-refractivity contribution in [3.05, 3.63) is 0 Å². The second-order valence-corrected chi connectivity index (χ2v) is 3.78. The minimum absolute atomic E-state index is 0.0995. The quantitative estimate of drug-likeness (QED) is 0.771. The maximum Gasteiger partial charge on any atom is 0.414 e. The van der Waals surface area contributed by atoms with Crippen LogP contribution in [0.3, 0.4) is 0 Å². The zero-order chi connectivity index (χ0) is 12.8. The van der Waals surface area contributed by atoms with Crippen molar-refractivity contribution in [2.24, 2.45) is 0 Å². The van der Waals surface area contributed by atoms with E-state index >= 15 is 0 Å². The minimum Gasteiger partial charge on any atom is -0.369 e. The van der Waals surface area contributed by atoms with Gasteiger partial charge in [-0.05, 0) is 20.4 Å². The molecule has 0 amide bonds. The van der Waals surface area contributed by atoms with Gasteiger partial charge in [0.15, 0.2) is 6.10 Å². The molecular formula is C10H17F3N2O. The molecule has 0 radical (unpaired) electrons. The van der Waals surface area contributed by atoms with Crippen molar-refractivity contribution in [1.82, 2.24) is 5.32 Å². The average molecular weight is 238 g/mol. The van der Waals surface area contributed by atoms with Crippen molar-refractivity contribution in [3.63, 3.8) is 0 Å². The van der Waals surface area contributed by atoms with E-state index in [1.807, 2.05) is 13.0 Å². The van der Waals surface area contributed by atoms with E-state index in [4.69, 9.17) is 5.26 Å². The first-order valence-electron chi connectivity index (χ1n) is 5.10. The summed E-state index contributed by atoms with van der Waals surface area (Å²) in [5, 5.41) is 11.7. The van der Waals surface area contributed by atoms with E-state index < -0.39 is 17.8 Å². The molecule has 1 N–H and O–H groups in total. The van der Waals surface area contributed by atoms with E-state index in [2.05, 4.69) is 10.1 Å². The van der Waals surface area contributed by atoms with Gasteiger partial charge in [-0.2, -0.15) is 18.4 Å². The largest absolute Gasteiger partial charge is 0.414 e. The molecule has 6 heteroatoms. The van der Waals surface area contributed by atoms with Crippen LogP contribution in [0.25, 0.3) is 0 Å². The molecule has 94 valence electrons. The first-order chi connectivity index (χ1) is 7.25. The van der Waals surface area contributed by atoms with Gasteiger partial charge in [0.25, 0.3) is 0 Å². The van der Waals surface area contributed by atoms with Crippen LogP contribution in [0.15, 0.2) is 0 Å². The molecule has 3 nitrogen and oxygen atoms in total. The van der Waals surface area contributed by atoms with Crippen LogP contribution >= 0.6 is 0 Å². The van der Waals surface area contributed by atoms with Crippen molar-refractivity contribution in [1.29, 1.82) is 5.26 Å². The summed E-state index contributed by atoms with van der Waals surface area (Å²) in [6, 6.07) is 2.02. The van der Waals surface area contributed by atoms with Crippen LogP contribution in [0.1, 0.15) is 27.2 Å². The van der Waals surface area contributed by atoms with Crippen LogP contribution in [0.5, 0.6) is 0 Å². The van der Waals surface area contributed by atoms with Crippen LogP contribution in [0, 0.1) is 11.3 Å². The van der Waals surface area contributed by atoms with Crippen LogP contribution in [0.2, 0.25) is 0 Å². The van der Waals surface area contributed by atoms with Gasteiger partial charge in [0.1, 0.15) is 5.54 Å². The first-order valence-corrected chi connectivity index (χ1v) is 5.10. The van der Waals surface area contributed by atoms with E-state index in [0.29, 0.717) is 6.54 Å². The molecule has 0 aromatic carbocycles. The van der Waals surface area contributed by atoms with Crippen molar-refractivity contribution < 1.29 is 17.9 Å². The maximum absolute atomic E-state index is 12.1. The van der Waals surface area contributed by atoms with Gasteiger partial charge in [-0.3, -0.25) is 5.32 Å². The highest BCUT2D eigenvalue weighted by Gasteiger charge is 2.37. The van der Waals surface area contributed by atoms with Gasteiger partial charge >= 0.3 is 6.18 Å². The Kier molecular flexibility index (Phi) is 5.76. The Bertz CT molecular complexity index is 249. The number of rotatable bonds is 6. The van der Waals surface area contributed by atoms with Crippen LogP contribution in [-0.4, -0.2) is 31.0 Å². The summed E-state index contributed by atoms with van der Waals surface area (Å²) in [7, 11) is 0. The Labute approximate surface area is 93.6 Å². The zero-order valence-electron chi connectivity index (χ0n) is 9.69. The highest BCUT2D eigenvalue weighted by Crippen LogP contribution is 2.22. The Hall–Kier alpha value is -0.800. The van der Waals surface area contributed by atoms with Crippen LogP contribution in [-0.2, 0) is 4.74 Å². The molecule has 0 aromatic rings. The first kappa shape index (κ1) is 15.2. The average Bonchev–Trinajstić information content (AvgIpc) is 2.16. The minimum atomic E-state index is -4.35. The molecule has 0 spiro atoms. The number of ether oxygens (including phenoxy) is 1. The van der Waals surface area contributed by atoms with Crippen LogP contribution < -0.4 is 5.32 Å². The van der Waals surface area contributed by atoms with Crippen molar-refractivity contribution in [2.75, 3.05) is 13.2 Å². The number of nitriles is 1. The normalized spacial score (nSPS) is 17.6. The Morgan fingerprint density at radius 2 is 2.00 bits per heavy atom. The van der Waals surface area contributed by atoms with E-state index in [-0.39, 0.29) is 13.0 Å². The van der Waals surface area contributed by atoms with Gasteiger partial charge in [0, 0.05) is 6.42 Å². The SMILES string of the molecule is CCNC(C)(C#N)CCOC(C)C(F)(F)F. The lowest BCUT2D eigenvalue weighted by Crippen LogP contribution is -2.42. The van der Waals surface area contributed by atoms with E-state index in [1.54, 1.807) is 6.92 Å². The van der Waals surface area contributed by atoms with Gasteiger partial charge in [-0.25, -0.2) is 0 Å². The molecule has 0 aliphatic rings. The lowest BCUT2D eigenvalue weighted by Gasteiger charge is -2.24. The smallest absolute Gasteiger partial charge is 0.369 e. The van der Waals surface area contributed by atoms with Gasteiger partial charge in [-0.1, -0.05) is 6.92 Å². The summed E-state index contributed by atoms with van der Waals surface area (Å²) in [6.07, 6.45) is -5.92. The van der Waals surface area contributed by atoms with Gasteiger partial charge in [0.05, 0.1) is 12.7 Å². The summed E-state index contributed by atoms with van der Waals surface area (Å²) in [5.41, 5.74) is -0.833. The maximum atomic E-state index is 12.1. The lowest BCUT2D eigenvalue weighted by atomic mass is 10.0. The van der Waals surface area contributed by atoms with Gasteiger partial charge < -0.3 is 4.74 Å². The standard InChI is InChI=1S/C10H17F3N2O/c1-4-15-9(3,7-14)5-6-16-8(2)10(11,12)13/h8,15H,4-6H2,1-3H3. The molecule has 0 aliphatic heterocycles. The fourth-order valence-electron chi connectivity index (χ4n) is 1.11. The third-order valence-corrected chi connectivity index (χ3v) is 2.24. The highest BCUT2D eigenvalue weighted by atomic mass is 19.4. The van der Waals surface area contributed by atoms with Gasteiger partial charge in [0.2, 0.25) is 0 Å². The number of alkyl halides is 3. The number of halogens is 3. The molecule has 0 saturated carbocycles. The molecule has 0 fully saturated rings. The summed E-state index contributed by atoms with van der Waals surface area (Å²) in [6.45, 7) is 4.90. The Balaban J connectivity index is 4.02. The second kappa shape index (κ2) is 6.06. The van der Waals surface area contributed by atoms with E-state index in [1.165, 1.54) is 0 Å². The third-order valence-electron chi connectivity index (χ3n) is 2.24. The molecule has 2 unspecified atom stereocenters.